The zero-order valence-electron chi connectivity index (χ0n) is 10.4. The number of carbonyl (C=O) groups is 1. The Morgan fingerprint density at radius 2 is 1.88 bits per heavy atom. The van der Waals surface area contributed by atoms with Gasteiger partial charge >= 0.3 is 5.97 Å². The van der Waals surface area contributed by atoms with Gasteiger partial charge in [-0.15, -0.1) is 0 Å². The van der Waals surface area contributed by atoms with Crippen LogP contribution in [0.15, 0.2) is 0 Å². The molecule has 0 amide bonds. The Labute approximate surface area is 97.2 Å². The molecule has 2 fully saturated rings. The molecule has 2 bridgehead atoms. The van der Waals surface area contributed by atoms with Crippen LogP contribution in [0.3, 0.4) is 0 Å². The van der Waals surface area contributed by atoms with Crippen molar-refractivity contribution in [2.75, 3.05) is 14.1 Å². The Morgan fingerprint density at radius 1 is 1.38 bits per heavy atom. The van der Waals surface area contributed by atoms with Gasteiger partial charge in [0, 0.05) is 18.1 Å². The van der Waals surface area contributed by atoms with E-state index < -0.39 is 5.97 Å². The Hall–Kier alpha value is -0.610. The predicted molar refractivity (Wildman–Crippen MR) is 62.5 cm³/mol. The Balaban J connectivity index is 2.00. The third-order valence-corrected chi connectivity index (χ3v) is 4.62. The molecule has 0 spiro atoms. The van der Waals surface area contributed by atoms with Crippen molar-refractivity contribution in [2.45, 2.75) is 56.8 Å². The van der Waals surface area contributed by atoms with Crippen LogP contribution >= 0.6 is 0 Å². The Bertz CT molecular complexity index is 268. The second-order valence-electron chi connectivity index (χ2n) is 5.36. The zero-order chi connectivity index (χ0) is 11.9. The van der Waals surface area contributed by atoms with Crippen molar-refractivity contribution >= 4 is 5.97 Å². The molecular weight excluding hydrogens is 204 g/mol. The molecule has 0 saturated carbocycles. The normalized spacial score (nSPS) is 36.6. The monoisotopic (exact) mass is 226 g/mol. The van der Waals surface area contributed by atoms with Crippen molar-refractivity contribution in [3.8, 4) is 0 Å². The second-order valence-corrected chi connectivity index (χ2v) is 5.36. The van der Waals surface area contributed by atoms with Crippen molar-refractivity contribution in [2.24, 2.45) is 0 Å². The summed E-state index contributed by atoms with van der Waals surface area (Å²) in [5.74, 6) is -0.714. The van der Waals surface area contributed by atoms with Gasteiger partial charge in [-0.25, -0.2) is 0 Å². The van der Waals surface area contributed by atoms with Crippen molar-refractivity contribution < 1.29 is 9.90 Å². The zero-order valence-corrected chi connectivity index (χ0v) is 10.4. The molecule has 0 radical (unpaired) electrons. The molecule has 2 rings (SSSR count). The standard InChI is InChI=1S/C12H22N2O2/c1-8(12(15)16)13(2)11-6-9-4-5-10(7-11)14(9)3/h8-11H,4-7H2,1-3H3,(H,15,16). The fraction of sp³-hybridized carbons (Fsp3) is 0.917. The van der Waals surface area contributed by atoms with E-state index in [2.05, 4.69) is 11.9 Å². The molecule has 16 heavy (non-hydrogen) atoms. The van der Waals surface area contributed by atoms with Crippen LogP contribution in [0, 0.1) is 0 Å². The molecule has 0 aromatic rings. The predicted octanol–water partition coefficient (Wildman–Crippen LogP) is 1.02. The maximum Gasteiger partial charge on any atom is 0.320 e. The third kappa shape index (κ3) is 1.96. The number of hydrogen-bond acceptors (Lipinski definition) is 3. The summed E-state index contributed by atoms with van der Waals surface area (Å²) in [5, 5.41) is 9.03. The third-order valence-electron chi connectivity index (χ3n) is 4.62. The van der Waals surface area contributed by atoms with Gasteiger partial charge in [0.1, 0.15) is 6.04 Å². The van der Waals surface area contributed by atoms with Crippen molar-refractivity contribution in [1.29, 1.82) is 0 Å². The number of nitrogens with zero attached hydrogens (tertiary/aromatic N) is 2. The van der Waals surface area contributed by atoms with Crippen LogP contribution in [0.5, 0.6) is 0 Å². The van der Waals surface area contributed by atoms with Gasteiger partial charge in [-0.3, -0.25) is 9.69 Å². The molecule has 0 aliphatic carbocycles. The lowest BCUT2D eigenvalue weighted by molar-refractivity contribution is -0.143. The van der Waals surface area contributed by atoms with Crippen LogP contribution in [0.2, 0.25) is 0 Å². The van der Waals surface area contributed by atoms with Crippen LogP contribution in [0.4, 0.5) is 0 Å². The molecule has 1 N–H and O–H groups in total. The summed E-state index contributed by atoms with van der Waals surface area (Å²) in [7, 11) is 4.16. The average Bonchev–Trinajstić information content (AvgIpc) is 2.51. The van der Waals surface area contributed by atoms with E-state index in [0.717, 1.165) is 12.8 Å². The first-order chi connectivity index (χ1) is 7.50. The van der Waals surface area contributed by atoms with Crippen LogP contribution in [0.25, 0.3) is 0 Å². The SMILES string of the molecule is CC(C(=O)O)N(C)C1CC2CCC(C1)N2C. The molecule has 3 atom stereocenters. The maximum atomic E-state index is 11.0. The van der Waals surface area contributed by atoms with Gasteiger partial charge in [0.2, 0.25) is 0 Å². The average molecular weight is 226 g/mol. The van der Waals surface area contributed by atoms with Gasteiger partial charge in [-0.05, 0) is 46.7 Å². The molecule has 2 aliphatic heterocycles. The highest BCUT2D eigenvalue weighted by molar-refractivity contribution is 5.72. The van der Waals surface area contributed by atoms with Crippen molar-refractivity contribution in [3.63, 3.8) is 0 Å². The Morgan fingerprint density at radius 3 is 2.31 bits per heavy atom. The molecular formula is C12H22N2O2. The minimum absolute atomic E-state index is 0.368. The molecule has 2 aliphatic rings. The lowest BCUT2D eigenvalue weighted by atomic mass is 9.96. The van der Waals surface area contributed by atoms with E-state index in [0.29, 0.717) is 18.1 Å². The Kier molecular flexibility index (Phi) is 3.22. The lowest BCUT2D eigenvalue weighted by Crippen LogP contribution is -2.51. The van der Waals surface area contributed by atoms with E-state index in [1.54, 1.807) is 6.92 Å². The summed E-state index contributed by atoms with van der Waals surface area (Å²) in [6, 6.07) is 1.42. The second kappa shape index (κ2) is 4.34. The van der Waals surface area contributed by atoms with Crippen LogP contribution in [-0.2, 0) is 4.79 Å². The van der Waals surface area contributed by atoms with Gasteiger partial charge < -0.3 is 10.0 Å². The molecule has 2 saturated heterocycles. The van der Waals surface area contributed by atoms with Crippen LogP contribution in [0.1, 0.15) is 32.6 Å². The van der Waals surface area contributed by atoms with Gasteiger partial charge in [-0.2, -0.15) is 0 Å². The summed E-state index contributed by atoms with van der Waals surface area (Å²) in [6.45, 7) is 1.78. The molecule has 3 unspecified atom stereocenters. The molecule has 92 valence electrons. The first-order valence-corrected chi connectivity index (χ1v) is 6.17. The number of aliphatic carboxylic acids is 1. The lowest BCUT2D eigenvalue weighted by Gasteiger charge is -2.41. The van der Waals surface area contributed by atoms with E-state index in [1.807, 2.05) is 11.9 Å². The smallest absolute Gasteiger partial charge is 0.320 e. The fourth-order valence-corrected chi connectivity index (χ4v) is 3.21. The number of carboxylic acids is 1. The van der Waals surface area contributed by atoms with Gasteiger partial charge in [-0.1, -0.05) is 0 Å². The van der Waals surface area contributed by atoms with Gasteiger partial charge in [0.25, 0.3) is 0 Å². The number of likely N-dealkylation sites (N-methyl/N-ethyl adjacent to an activating group) is 1. The van der Waals surface area contributed by atoms with E-state index >= 15 is 0 Å². The molecule has 0 aromatic heterocycles. The number of piperidine rings is 1. The first-order valence-electron chi connectivity index (χ1n) is 6.17. The minimum atomic E-state index is -0.714. The summed E-state index contributed by atoms with van der Waals surface area (Å²) < 4.78 is 0. The highest BCUT2D eigenvalue weighted by atomic mass is 16.4. The number of rotatable bonds is 3. The van der Waals surface area contributed by atoms with Crippen LogP contribution < -0.4 is 0 Å². The fourth-order valence-electron chi connectivity index (χ4n) is 3.21. The number of carboxylic acid groups (broad SMARTS) is 1. The molecule has 0 aromatic carbocycles. The summed E-state index contributed by atoms with van der Waals surface area (Å²) >= 11 is 0. The van der Waals surface area contributed by atoms with Crippen LogP contribution in [-0.4, -0.2) is 59.1 Å². The maximum absolute atomic E-state index is 11.0. The number of hydrogen-bond donors (Lipinski definition) is 1. The van der Waals surface area contributed by atoms with Crippen molar-refractivity contribution in [1.82, 2.24) is 9.80 Å². The number of fused-ring (bicyclic) bond motifs is 2. The summed E-state index contributed by atoms with van der Waals surface area (Å²) in [6.07, 6.45) is 4.82. The van der Waals surface area contributed by atoms with Gasteiger partial charge in [0.15, 0.2) is 0 Å². The van der Waals surface area contributed by atoms with E-state index in [1.165, 1.54) is 12.8 Å². The van der Waals surface area contributed by atoms with Crippen molar-refractivity contribution in [3.05, 3.63) is 0 Å². The highest BCUT2D eigenvalue weighted by Crippen LogP contribution is 2.36. The quantitative estimate of drug-likeness (QED) is 0.780. The van der Waals surface area contributed by atoms with Gasteiger partial charge in [0.05, 0.1) is 0 Å². The summed E-state index contributed by atoms with van der Waals surface area (Å²) in [4.78, 5) is 15.5. The first kappa shape index (κ1) is 11.9. The topological polar surface area (TPSA) is 43.8 Å². The molecule has 2 heterocycles. The molecule has 4 heteroatoms. The van der Waals surface area contributed by atoms with E-state index in [-0.39, 0.29) is 6.04 Å². The largest absolute Gasteiger partial charge is 0.480 e. The van der Waals surface area contributed by atoms with E-state index in [9.17, 15) is 4.79 Å². The summed E-state index contributed by atoms with van der Waals surface area (Å²) in [5.41, 5.74) is 0. The highest BCUT2D eigenvalue weighted by Gasteiger charge is 2.40. The van der Waals surface area contributed by atoms with E-state index in [4.69, 9.17) is 5.11 Å². The molecule has 4 nitrogen and oxygen atoms in total. The minimum Gasteiger partial charge on any atom is -0.480 e.